The molecule has 0 fully saturated rings. The first-order valence-electron chi connectivity index (χ1n) is 11.5. The number of aromatic nitrogens is 2. The molecule has 1 unspecified atom stereocenters. The van der Waals surface area contributed by atoms with Gasteiger partial charge in [0.15, 0.2) is 0 Å². The number of benzene rings is 2. The zero-order valence-corrected chi connectivity index (χ0v) is 19.8. The summed E-state index contributed by atoms with van der Waals surface area (Å²) < 4.78 is 1.76. The van der Waals surface area contributed by atoms with Crippen molar-refractivity contribution in [1.82, 2.24) is 14.5 Å². The molecule has 0 saturated heterocycles. The van der Waals surface area contributed by atoms with Gasteiger partial charge >= 0.3 is 0 Å². The normalized spacial score (nSPS) is 11.9. The van der Waals surface area contributed by atoms with Crippen molar-refractivity contribution in [1.29, 1.82) is 0 Å². The van der Waals surface area contributed by atoms with Gasteiger partial charge in [0.05, 0.1) is 6.54 Å². The summed E-state index contributed by atoms with van der Waals surface area (Å²) in [6.07, 6.45) is 2.99. The van der Waals surface area contributed by atoms with Crippen molar-refractivity contribution in [2.24, 2.45) is 11.7 Å². The first-order chi connectivity index (χ1) is 15.9. The van der Waals surface area contributed by atoms with Gasteiger partial charge in [-0.05, 0) is 50.4 Å². The number of nitrogens with zero attached hydrogens (tertiary/aromatic N) is 3. The van der Waals surface area contributed by atoms with Gasteiger partial charge in [0.2, 0.25) is 0 Å². The SMILES string of the molecule is Cc1ccc(C(=O)N(CCCN)CC(C)Cc2ncc(C)c(=O)n2Cc2ccccc2)cc1. The monoisotopic (exact) mass is 446 g/mol. The molecule has 1 aromatic heterocycles. The van der Waals surface area contributed by atoms with Crippen LogP contribution in [-0.2, 0) is 13.0 Å². The van der Waals surface area contributed by atoms with Gasteiger partial charge < -0.3 is 10.6 Å². The van der Waals surface area contributed by atoms with Gasteiger partial charge in [-0.3, -0.25) is 14.2 Å². The van der Waals surface area contributed by atoms with Crippen LogP contribution in [0.1, 0.15) is 46.2 Å². The number of nitrogens with two attached hydrogens (primary N) is 1. The van der Waals surface area contributed by atoms with Gasteiger partial charge in [-0.15, -0.1) is 0 Å². The first-order valence-corrected chi connectivity index (χ1v) is 11.5. The van der Waals surface area contributed by atoms with E-state index in [9.17, 15) is 9.59 Å². The predicted molar refractivity (Wildman–Crippen MR) is 132 cm³/mol. The Morgan fingerprint density at radius 3 is 2.45 bits per heavy atom. The topological polar surface area (TPSA) is 81.2 Å². The van der Waals surface area contributed by atoms with Crippen molar-refractivity contribution in [2.45, 2.75) is 40.2 Å². The minimum absolute atomic E-state index is 0.00819. The Labute approximate surface area is 196 Å². The predicted octanol–water partition coefficient (Wildman–Crippen LogP) is 3.58. The number of hydrogen-bond acceptors (Lipinski definition) is 4. The third-order valence-electron chi connectivity index (χ3n) is 5.77. The van der Waals surface area contributed by atoms with Crippen molar-refractivity contribution in [3.8, 4) is 0 Å². The molecule has 6 heteroatoms. The van der Waals surface area contributed by atoms with E-state index >= 15 is 0 Å². The van der Waals surface area contributed by atoms with E-state index in [2.05, 4.69) is 11.9 Å². The lowest BCUT2D eigenvalue weighted by molar-refractivity contribution is 0.0730. The second kappa shape index (κ2) is 11.6. The number of aryl methyl sites for hydroxylation is 2. The Kier molecular flexibility index (Phi) is 8.55. The molecule has 0 aliphatic carbocycles. The summed E-state index contributed by atoms with van der Waals surface area (Å²) >= 11 is 0. The van der Waals surface area contributed by atoms with E-state index in [4.69, 9.17) is 5.73 Å². The van der Waals surface area contributed by atoms with Crippen LogP contribution in [0.4, 0.5) is 0 Å². The summed E-state index contributed by atoms with van der Waals surface area (Å²) in [6.45, 7) is 8.08. The molecule has 0 aliphatic heterocycles. The van der Waals surface area contributed by atoms with Crippen LogP contribution in [0.2, 0.25) is 0 Å². The van der Waals surface area contributed by atoms with Crippen LogP contribution >= 0.6 is 0 Å². The highest BCUT2D eigenvalue weighted by Crippen LogP contribution is 2.14. The highest BCUT2D eigenvalue weighted by molar-refractivity contribution is 5.94. The molecule has 1 amide bonds. The van der Waals surface area contributed by atoms with Crippen molar-refractivity contribution in [3.63, 3.8) is 0 Å². The number of carbonyl (C=O) groups is 1. The second-order valence-corrected chi connectivity index (χ2v) is 8.80. The van der Waals surface area contributed by atoms with Crippen LogP contribution in [0.15, 0.2) is 65.6 Å². The van der Waals surface area contributed by atoms with Crippen molar-refractivity contribution < 1.29 is 4.79 Å². The van der Waals surface area contributed by atoms with Crippen molar-refractivity contribution in [2.75, 3.05) is 19.6 Å². The third-order valence-corrected chi connectivity index (χ3v) is 5.77. The zero-order valence-electron chi connectivity index (χ0n) is 19.8. The van der Waals surface area contributed by atoms with Crippen LogP contribution < -0.4 is 11.3 Å². The Hall–Kier alpha value is -3.25. The molecule has 3 rings (SSSR count). The molecule has 1 atom stereocenters. The molecule has 2 N–H and O–H groups in total. The summed E-state index contributed by atoms with van der Waals surface area (Å²) in [5.74, 6) is 0.867. The number of amides is 1. The van der Waals surface area contributed by atoms with Crippen LogP contribution in [0.3, 0.4) is 0 Å². The van der Waals surface area contributed by atoms with Crippen LogP contribution in [0, 0.1) is 19.8 Å². The molecule has 0 bridgehead atoms. The van der Waals surface area contributed by atoms with Gasteiger partial charge in [-0.1, -0.05) is 55.0 Å². The fourth-order valence-electron chi connectivity index (χ4n) is 3.91. The molecule has 0 aliphatic rings. The lowest BCUT2D eigenvalue weighted by atomic mass is 10.0. The quantitative estimate of drug-likeness (QED) is 0.516. The smallest absolute Gasteiger partial charge is 0.256 e. The number of hydrogen-bond donors (Lipinski definition) is 1. The first kappa shape index (κ1) is 24.4. The maximum Gasteiger partial charge on any atom is 0.256 e. The van der Waals surface area contributed by atoms with E-state index in [1.54, 1.807) is 17.7 Å². The molecule has 3 aromatic rings. The molecule has 6 nitrogen and oxygen atoms in total. The van der Waals surface area contributed by atoms with Gasteiger partial charge in [0.25, 0.3) is 11.5 Å². The molecule has 0 radical (unpaired) electrons. The minimum atomic E-state index is -0.0215. The molecule has 0 saturated carbocycles. The average molecular weight is 447 g/mol. The summed E-state index contributed by atoms with van der Waals surface area (Å²) in [5.41, 5.74) is 9.19. The van der Waals surface area contributed by atoms with E-state index in [1.165, 1.54) is 0 Å². The van der Waals surface area contributed by atoms with Crippen LogP contribution in [0.25, 0.3) is 0 Å². The molecular formula is C27H34N4O2. The van der Waals surface area contributed by atoms with E-state index in [-0.39, 0.29) is 17.4 Å². The maximum absolute atomic E-state index is 13.2. The third kappa shape index (κ3) is 6.62. The highest BCUT2D eigenvalue weighted by atomic mass is 16.2. The Morgan fingerprint density at radius 1 is 1.09 bits per heavy atom. The highest BCUT2D eigenvalue weighted by Gasteiger charge is 2.20. The van der Waals surface area contributed by atoms with Crippen LogP contribution in [0.5, 0.6) is 0 Å². The molecule has 2 aromatic carbocycles. The molecule has 0 spiro atoms. The average Bonchev–Trinajstić information content (AvgIpc) is 2.82. The summed E-state index contributed by atoms with van der Waals surface area (Å²) in [7, 11) is 0. The van der Waals surface area contributed by atoms with Gasteiger partial charge in [-0.2, -0.15) is 0 Å². The van der Waals surface area contributed by atoms with Gasteiger partial charge in [-0.25, -0.2) is 4.98 Å². The van der Waals surface area contributed by atoms with Gasteiger partial charge in [0, 0.05) is 36.8 Å². The minimum Gasteiger partial charge on any atom is -0.338 e. The maximum atomic E-state index is 13.2. The zero-order chi connectivity index (χ0) is 23.8. The summed E-state index contributed by atoms with van der Waals surface area (Å²) in [5, 5.41) is 0. The van der Waals surface area contributed by atoms with Crippen LogP contribution in [-0.4, -0.2) is 40.0 Å². The molecule has 1 heterocycles. The largest absolute Gasteiger partial charge is 0.338 e. The lowest BCUT2D eigenvalue weighted by Crippen LogP contribution is -2.37. The number of carbonyl (C=O) groups excluding carboxylic acids is 1. The Bertz CT molecular complexity index is 1110. The fraction of sp³-hybridized carbons (Fsp3) is 0.370. The molecule has 33 heavy (non-hydrogen) atoms. The van der Waals surface area contributed by atoms with Gasteiger partial charge in [0.1, 0.15) is 5.82 Å². The Balaban J connectivity index is 1.79. The standard InChI is InChI=1S/C27H34N4O2/c1-20-10-12-24(13-11-20)27(33)30(15-7-14-28)18-21(2)16-25-29-17-22(3)26(32)31(25)19-23-8-5-4-6-9-23/h4-6,8-13,17,21H,7,14-16,18-19,28H2,1-3H3. The fourth-order valence-corrected chi connectivity index (χ4v) is 3.91. The summed E-state index contributed by atoms with van der Waals surface area (Å²) in [6, 6.07) is 17.6. The second-order valence-electron chi connectivity index (χ2n) is 8.80. The van der Waals surface area contributed by atoms with Crippen molar-refractivity contribution >= 4 is 5.91 Å². The molecular weight excluding hydrogens is 412 g/mol. The lowest BCUT2D eigenvalue weighted by Gasteiger charge is -2.26. The van der Waals surface area contributed by atoms with E-state index < -0.39 is 0 Å². The van der Waals surface area contributed by atoms with E-state index in [1.807, 2.05) is 66.4 Å². The summed E-state index contributed by atoms with van der Waals surface area (Å²) in [4.78, 5) is 32.5. The van der Waals surface area contributed by atoms with Crippen molar-refractivity contribution in [3.05, 3.63) is 99.2 Å². The molecule has 174 valence electrons. The van der Waals surface area contributed by atoms with E-state index in [0.29, 0.717) is 43.7 Å². The number of rotatable bonds is 10. The Morgan fingerprint density at radius 2 is 1.79 bits per heavy atom. The van der Waals surface area contributed by atoms with E-state index in [0.717, 1.165) is 23.4 Å².